The first kappa shape index (κ1) is 14.1. The number of fused-ring (bicyclic) bond motifs is 2. The molecule has 4 rings (SSSR count). The van der Waals surface area contributed by atoms with Crippen LogP contribution in [0, 0.1) is 17.8 Å². The van der Waals surface area contributed by atoms with Crippen molar-refractivity contribution < 1.29 is 4.74 Å². The highest BCUT2D eigenvalue weighted by Gasteiger charge is 2.53. The zero-order valence-corrected chi connectivity index (χ0v) is 14.3. The van der Waals surface area contributed by atoms with Gasteiger partial charge in [0.1, 0.15) is 5.75 Å². The molecule has 2 saturated carbocycles. The molecule has 1 aliphatic heterocycles. The Morgan fingerprint density at radius 1 is 1.29 bits per heavy atom. The molecule has 0 radical (unpaired) electrons. The number of likely N-dealkylation sites (N-methyl/N-ethyl adjacent to an activating group) is 1. The van der Waals surface area contributed by atoms with Crippen LogP contribution in [0.15, 0.2) is 16.6 Å². The maximum absolute atomic E-state index is 5.90. The van der Waals surface area contributed by atoms with E-state index in [0.717, 1.165) is 37.2 Å². The summed E-state index contributed by atoms with van der Waals surface area (Å²) in [5, 5.41) is 3.61. The zero-order chi connectivity index (χ0) is 14.4. The maximum Gasteiger partial charge on any atom is 0.125 e. The second-order valence-electron chi connectivity index (χ2n) is 6.94. The van der Waals surface area contributed by atoms with Gasteiger partial charge in [-0.3, -0.25) is 0 Å². The summed E-state index contributed by atoms with van der Waals surface area (Å²) >= 11 is 3.67. The number of nitrogens with one attached hydrogen (secondary N) is 1. The van der Waals surface area contributed by atoms with Crippen LogP contribution >= 0.6 is 15.9 Å². The minimum Gasteiger partial charge on any atom is -0.493 e. The van der Waals surface area contributed by atoms with Crippen molar-refractivity contribution in [2.45, 2.75) is 44.6 Å². The topological polar surface area (TPSA) is 21.3 Å². The largest absolute Gasteiger partial charge is 0.493 e. The van der Waals surface area contributed by atoms with Crippen LogP contribution in [0.4, 0.5) is 0 Å². The molecule has 1 heterocycles. The Bertz CT molecular complexity index is 532. The van der Waals surface area contributed by atoms with Gasteiger partial charge in [0.05, 0.1) is 6.61 Å². The van der Waals surface area contributed by atoms with Crippen molar-refractivity contribution in [3.8, 4) is 5.75 Å². The van der Waals surface area contributed by atoms with Crippen LogP contribution in [0.25, 0.3) is 0 Å². The number of hydrogen-bond acceptors (Lipinski definition) is 2. The summed E-state index contributed by atoms with van der Waals surface area (Å²) in [4.78, 5) is 0. The normalized spacial score (nSPS) is 31.2. The van der Waals surface area contributed by atoms with Crippen molar-refractivity contribution in [1.29, 1.82) is 0 Å². The third-order valence-electron chi connectivity index (χ3n) is 5.82. The van der Waals surface area contributed by atoms with Gasteiger partial charge in [-0.05, 0) is 67.3 Å². The van der Waals surface area contributed by atoms with E-state index in [1.807, 2.05) is 0 Å². The van der Waals surface area contributed by atoms with E-state index in [4.69, 9.17) is 4.74 Å². The summed E-state index contributed by atoms with van der Waals surface area (Å²) in [6, 6.07) is 5.10. The first-order valence-electron chi connectivity index (χ1n) is 8.39. The fourth-order valence-electron chi connectivity index (χ4n) is 4.81. The second-order valence-corrected chi connectivity index (χ2v) is 7.86. The molecule has 0 amide bonds. The van der Waals surface area contributed by atoms with Gasteiger partial charge >= 0.3 is 0 Å². The van der Waals surface area contributed by atoms with Gasteiger partial charge < -0.3 is 10.1 Å². The third kappa shape index (κ3) is 2.53. The Hall–Kier alpha value is -0.540. The predicted octanol–water partition coefficient (Wildman–Crippen LogP) is 3.95. The average molecular weight is 350 g/mol. The molecular weight excluding hydrogens is 326 g/mol. The second kappa shape index (κ2) is 5.58. The first-order chi connectivity index (χ1) is 10.3. The summed E-state index contributed by atoms with van der Waals surface area (Å²) in [6.45, 7) is 0.845. The fraction of sp³-hybridized carbons (Fsp3) is 0.667. The van der Waals surface area contributed by atoms with Gasteiger partial charge in [-0.2, -0.15) is 0 Å². The Kier molecular flexibility index (Phi) is 3.74. The van der Waals surface area contributed by atoms with Crippen LogP contribution in [0.5, 0.6) is 5.75 Å². The monoisotopic (exact) mass is 349 g/mol. The van der Waals surface area contributed by atoms with Gasteiger partial charge in [-0.1, -0.05) is 28.8 Å². The minimum absolute atomic E-state index is 0.612. The van der Waals surface area contributed by atoms with Crippen LogP contribution in [0.3, 0.4) is 0 Å². The van der Waals surface area contributed by atoms with E-state index < -0.39 is 0 Å². The standard InChI is InChI=1S/C18H24BrNO/c1-20-16(17-14-4-2-3-5-15(14)17)10-12-9-13(19)8-11-6-7-21-18(11)12/h8-9,14-17,20H,2-7,10H2,1H3. The lowest BCUT2D eigenvalue weighted by atomic mass is 9.97. The van der Waals surface area contributed by atoms with Gasteiger partial charge in [-0.25, -0.2) is 0 Å². The number of rotatable bonds is 4. The van der Waals surface area contributed by atoms with Crippen molar-refractivity contribution in [2.24, 2.45) is 17.8 Å². The zero-order valence-electron chi connectivity index (χ0n) is 12.7. The number of benzene rings is 1. The molecule has 1 N–H and O–H groups in total. The van der Waals surface area contributed by atoms with Gasteiger partial charge in [0.25, 0.3) is 0 Å². The van der Waals surface area contributed by atoms with Crippen LogP contribution in [-0.4, -0.2) is 19.7 Å². The van der Waals surface area contributed by atoms with E-state index in [-0.39, 0.29) is 0 Å². The molecule has 2 nitrogen and oxygen atoms in total. The molecule has 3 atom stereocenters. The SMILES string of the molecule is CNC(Cc1cc(Br)cc2c1OCC2)C1C2CCCCC21. The molecule has 3 aliphatic rings. The quantitative estimate of drug-likeness (QED) is 0.888. The van der Waals surface area contributed by atoms with E-state index in [1.165, 1.54) is 47.0 Å². The van der Waals surface area contributed by atoms with Crippen molar-refractivity contribution in [3.05, 3.63) is 27.7 Å². The lowest BCUT2D eigenvalue weighted by molar-refractivity contribution is 0.350. The minimum atomic E-state index is 0.612. The molecule has 0 aromatic heterocycles. The van der Waals surface area contributed by atoms with Crippen molar-refractivity contribution >= 4 is 15.9 Å². The summed E-state index contributed by atoms with van der Waals surface area (Å²) in [5.74, 6) is 4.06. The summed E-state index contributed by atoms with van der Waals surface area (Å²) in [5.41, 5.74) is 2.77. The van der Waals surface area contributed by atoms with Gasteiger partial charge in [0.2, 0.25) is 0 Å². The molecule has 3 unspecified atom stereocenters. The molecule has 3 heteroatoms. The van der Waals surface area contributed by atoms with Crippen molar-refractivity contribution in [3.63, 3.8) is 0 Å². The third-order valence-corrected chi connectivity index (χ3v) is 6.28. The van der Waals surface area contributed by atoms with Crippen LogP contribution in [-0.2, 0) is 12.8 Å². The number of halogens is 1. The molecule has 2 aliphatic carbocycles. The molecular formula is C18H24BrNO. The number of hydrogen-bond donors (Lipinski definition) is 1. The Labute approximate surface area is 135 Å². The van der Waals surface area contributed by atoms with Gasteiger partial charge in [0, 0.05) is 16.9 Å². The van der Waals surface area contributed by atoms with E-state index in [9.17, 15) is 0 Å². The van der Waals surface area contributed by atoms with Crippen LogP contribution < -0.4 is 10.1 Å². The molecule has 1 aromatic carbocycles. The molecule has 0 bridgehead atoms. The molecule has 2 fully saturated rings. The van der Waals surface area contributed by atoms with Crippen LogP contribution in [0.2, 0.25) is 0 Å². The number of ether oxygens (including phenoxy) is 1. The van der Waals surface area contributed by atoms with Gasteiger partial charge in [0.15, 0.2) is 0 Å². The molecule has 114 valence electrons. The Morgan fingerprint density at radius 3 is 2.76 bits per heavy atom. The lowest BCUT2D eigenvalue weighted by Crippen LogP contribution is -2.31. The van der Waals surface area contributed by atoms with E-state index in [1.54, 1.807) is 0 Å². The molecule has 0 spiro atoms. The highest BCUT2D eigenvalue weighted by Crippen LogP contribution is 2.57. The molecule has 0 saturated heterocycles. The Morgan fingerprint density at radius 2 is 2.05 bits per heavy atom. The van der Waals surface area contributed by atoms with Crippen LogP contribution in [0.1, 0.15) is 36.8 Å². The summed E-state index contributed by atoms with van der Waals surface area (Å²) in [6.07, 6.45) is 7.98. The lowest BCUT2D eigenvalue weighted by Gasteiger charge is -2.19. The maximum atomic E-state index is 5.90. The molecule has 21 heavy (non-hydrogen) atoms. The highest BCUT2D eigenvalue weighted by atomic mass is 79.9. The average Bonchev–Trinajstić information content (AvgIpc) is 3.02. The van der Waals surface area contributed by atoms with E-state index in [0.29, 0.717) is 6.04 Å². The highest BCUT2D eigenvalue weighted by molar-refractivity contribution is 9.10. The summed E-state index contributed by atoms with van der Waals surface area (Å²) < 4.78 is 7.10. The van der Waals surface area contributed by atoms with Crippen molar-refractivity contribution in [2.75, 3.05) is 13.7 Å². The predicted molar refractivity (Wildman–Crippen MR) is 88.8 cm³/mol. The fourth-order valence-corrected chi connectivity index (χ4v) is 5.36. The first-order valence-corrected chi connectivity index (χ1v) is 9.18. The molecule has 1 aromatic rings. The Balaban J connectivity index is 1.55. The van der Waals surface area contributed by atoms with E-state index in [2.05, 4.69) is 40.4 Å². The smallest absolute Gasteiger partial charge is 0.125 e. The summed E-state index contributed by atoms with van der Waals surface area (Å²) in [7, 11) is 2.13. The van der Waals surface area contributed by atoms with Crippen molar-refractivity contribution in [1.82, 2.24) is 5.32 Å². The van der Waals surface area contributed by atoms with Gasteiger partial charge in [-0.15, -0.1) is 0 Å². The van der Waals surface area contributed by atoms with E-state index >= 15 is 0 Å².